The van der Waals surface area contributed by atoms with Crippen molar-refractivity contribution in [2.24, 2.45) is 29.1 Å². The van der Waals surface area contributed by atoms with Crippen molar-refractivity contribution in [2.75, 3.05) is 22.9 Å². The van der Waals surface area contributed by atoms with Crippen LogP contribution in [0.15, 0.2) is 142 Å². The number of para-hydroxylation sites is 2. The molecule has 9 rings (SSSR count). The maximum atomic E-state index is 3.94. The normalized spacial score (nSPS) is 31.4. The van der Waals surface area contributed by atoms with Crippen LogP contribution < -0.4 is 20.4 Å². The summed E-state index contributed by atoms with van der Waals surface area (Å²) in [4.78, 5) is 5.34. The van der Waals surface area contributed by atoms with Crippen molar-refractivity contribution in [3.8, 4) is 0 Å². The minimum Gasteiger partial charge on any atom is -0.328 e. The topological polar surface area (TPSA) is 30.5 Å². The Bertz CT molecular complexity index is 1800. The van der Waals surface area contributed by atoms with Crippen LogP contribution in [0.2, 0.25) is 0 Å². The zero-order valence-corrected chi connectivity index (χ0v) is 28.8. The van der Waals surface area contributed by atoms with Crippen LogP contribution in [0.3, 0.4) is 0 Å². The molecule has 5 aliphatic carbocycles. The van der Waals surface area contributed by atoms with Gasteiger partial charge in [0.25, 0.3) is 0 Å². The van der Waals surface area contributed by atoms with Gasteiger partial charge in [-0.3, -0.25) is 10.6 Å². The summed E-state index contributed by atoms with van der Waals surface area (Å²) in [6.45, 7) is 9.40. The van der Waals surface area contributed by atoms with Crippen LogP contribution in [0.5, 0.6) is 0 Å². The number of rotatable bonds is 6. The third-order valence-electron chi connectivity index (χ3n) is 12.4. The molecule has 0 amide bonds. The highest BCUT2D eigenvalue weighted by Gasteiger charge is 2.53. The molecule has 2 aromatic rings. The molecule has 6 atom stereocenters. The summed E-state index contributed by atoms with van der Waals surface area (Å²) in [5.74, 6) is 1.57. The molecule has 0 saturated carbocycles. The predicted octanol–water partition coefficient (Wildman–Crippen LogP) is 9.18. The van der Waals surface area contributed by atoms with Crippen LogP contribution >= 0.6 is 0 Å². The Hall–Kier alpha value is -3.86. The highest BCUT2D eigenvalue weighted by molar-refractivity contribution is 5.68. The van der Waals surface area contributed by atoms with Gasteiger partial charge in [-0.15, -0.1) is 0 Å². The molecule has 0 bridgehead atoms. The quantitative estimate of drug-likeness (QED) is 0.310. The van der Waals surface area contributed by atoms with Crippen LogP contribution in [0, 0.1) is 29.1 Å². The van der Waals surface area contributed by atoms with Gasteiger partial charge in [0.05, 0.1) is 12.3 Å². The SMILES string of the molecule is CC1=CC(N(c2ccccc2)C2CCCCN2)=C2C=C3C4=C(C=C(N(c5ccccc5)C5CC=CCN5)C5C=CC1C2C45)CCC3(C)C. The van der Waals surface area contributed by atoms with E-state index in [0.29, 0.717) is 29.8 Å². The molecule has 7 aliphatic rings. The third-order valence-corrected chi connectivity index (χ3v) is 12.4. The van der Waals surface area contributed by atoms with Gasteiger partial charge in [-0.2, -0.15) is 0 Å². The molecule has 0 radical (unpaired) electrons. The number of nitrogens with zero attached hydrogens (tertiary/aromatic N) is 2. The zero-order valence-electron chi connectivity index (χ0n) is 28.8. The largest absolute Gasteiger partial charge is 0.328 e. The Morgan fingerprint density at radius 3 is 2.21 bits per heavy atom. The average Bonchev–Trinajstić information content (AvgIpc) is 3.13. The Kier molecular flexibility index (Phi) is 7.51. The van der Waals surface area contributed by atoms with E-state index in [9.17, 15) is 0 Å². The van der Waals surface area contributed by atoms with E-state index >= 15 is 0 Å². The summed E-state index contributed by atoms with van der Waals surface area (Å²) in [5, 5.41) is 7.81. The van der Waals surface area contributed by atoms with Crippen molar-refractivity contribution in [1.82, 2.24) is 10.6 Å². The molecule has 6 unspecified atom stereocenters. The molecule has 0 spiro atoms. The van der Waals surface area contributed by atoms with E-state index in [1.165, 1.54) is 47.6 Å². The molecular weight excluding hydrogens is 585 g/mol. The first kappa shape index (κ1) is 30.2. The van der Waals surface area contributed by atoms with Crippen molar-refractivity contribution in [3.63, 3.8) is 0 Å². The second kappa shape index (κ2) is 11.9. The van der Waals surface area contributed by atoms with E-state index < -0.39 is 0 Å². The molecule has 2 heterocycles. The second-order valence-electron chi connectivity index (χ2n) is 15.7. The molecule has 1 fully saturated rings. The van der Waals surface area contributed by atoms with Crippen LogP contribution in [-0.4, -0.2) is 25.4 Å². The second-order valence-corrected chi connectivity index (χ2v) is 15.7. The maximum absolute atomic E-state index is 3.94. The molecule has 48 heavy (non-hydrogen) atoms. The average molecular weight is 635 g/mol. The van der Waals surface area contributed by atoms with Crippen LogP contribution in [0.1, 0.15) is 59.3 Å². The third kappa shape index (κ3) is 4.86. The number of hydrogen-bond acceptors (Lipinski definition) is 4. The van der Waals surface area contributed by atoms with Crippen molar-refractivity contribution in [3.05, 3.63) is 142 Å². The number of allylic oxidation sites excluding steroid dienone is 10. The van der Waals surface area contributed by atoms with E-state index in [4.69, 9.17) is 0 Å². The molecule has 2 aliphatic heterocycles. The molecule has 2 aromatic carbocycles. The first-order valence-corrected chi connectivity index (χ1v) is 18.6. The number of anilines is 2. The predicted molar refractivity (Wildman–Crippen MR) is 199 cm³/mol. The van der Waals surface area contributed by atoms with Crippen LogP contribution in [0.4, 0.5) is 11.4 Å². The van der Waals surface area contributed by atoms with Gasteiger partial charge in [-0.1, -0.05) is 86.2 Å². The summed E-state index contributed by atoms with van der Waals surface area (Å²) >= 11 is 0. The lowest BCUT2D eigenvalue weighted by Gasteiger charge is -2.56. The fraction of sp³-hybridized carbons (Fsp3) is 0.409. The van der Waals surface area contributed by atoms with Crippen molar-refractivity contribution < 1.29 is 0 Å². The maximum Gasteiger partial charge on any atom is 0.0879 e. The van der Waals surface area contributed by atoms with Crippen molar-refractivity contribution in [2.45, 2.75) is 71.6 Å². The lowest BCUT2D eigenvalue weighted by molar-refractivity contribution is 0.261. The summed E-state index contributed by atoms with van der Waals surface area (Å²) in [7, 11) is 0. The highest BCUT2D eigenvalue weighted by atomic mass is 15.3. The van der Waals surface area contributed by atoms with Gasteiger partial charge in [0.2, 0.25) is 0 Å². The van der Waals surface area contributed by atoms with E-state index in [1.54, 1.807) is 22.3 Å². The minimum atomic E-state index is 0.139. The summed E-state index contributed by atoms with van der Waals surface area (Å²) < 4.78 is 0. The Morgan fingerprint density at radius 2 is 1.50 bits per heavy atom. The monoisotopic (exact) mass is 634 g/mol. The molecule has 1 saturated heterocycles. The van der Waals surface area contributed by atoms with Crippen LogP contribution in [0.25, 0.3) is 0 Å². The van der Waals surface area contributed by atoms with Gasteiger partial charge in [-0.05, 0) is 116 Å². The standard InChI is InChI=1S/C44H50N4/c1-29-26-37(47(31-14-6-4-7-15-31)39-18-10-12-24-45-39)35-28-36-41-30(22-23-44(36,2)3)27-38(34-21-20-33(29)42(35)43(34)41)48(32-16-8-5-9-17-32)40-19-11-13-25-46-40/h4-9,11,13-17,20-21,26-28,33-34,39-40,42-43,45-46H,10,12,18-19,22-25H2,1-3H3. The number of piperidine rings is 1. The van der Waals surface area contributed by atoms with Gasteiger partial charge in [0.1, 0.15) is 0 Å². The van der Waals surface area contributed by atoms with E-state index in [1.807, 2.05) is 0 Å². The molecule has 4 heteroatoms. The number of benzene rings is 2. The van der Waals surface area contributed by atoms with Gasteiger partial charge in [-0.25, -0.2) is 0 Å². The molecule has 0 aromatic heterocycles. The first-order chi connectivity index (χ1) is 23.5. The molecule has 4 nitrogen and oxygen atoms in total. The fourth-order valence-electron chi connectivity index (χ4n) is 10.1. The Balaban J connectivity index is 1.26. The summed E-state index contributed by atoms with van der Waals surface area (Å²) in [6, 6.07) is 22.4. The van der Waals surface area contributed by atoms with Crippen molar-refractivity contribution in [1.29, 1.82) is 0 Å². The summed E-state index contributed by atoms with van der Waals surface area (Å²) in [6.07, 6.45) is 25.3. The molecular formula is C44H50N4. The van der Waals surface area contributed by atoms with E-state index in [0.717, 1.165) is 32.4 Å². The summed E-state index contributed by atoms with van der Waals surface area (Å²) in [5.41, 5.74) is 13.5. The van der Waals surface area contributed by atoms with Gasteiger partial charge in [0.15, 0.2) is 0 Å². The first-order valence-electron chi connectivity index (χ1n) is 18.6. The minimum absolute atomic E-state index is 0.139. The zero-order chi connectivity index (χ0) is 32.4. The highest BCUT2D eigenvalue weighted by Crippen LogP contribution is 2.62. The van der Waals surface area contributed by atoms with Gasteiger partial charge >= 0.3 is 0 Å². The Labute approximate surface area is 287 Å². The fourth-order valence-corrected chi connectivity index (χ4v) is 10.1. The molecule has 246 valence electrons. The van der Waals surface area contributed by atoms with Gasteiger partial charge < -0.3 is 9.80 Å². The van der Waals surface area contributed by atoms with E-state index in [2.05, 4.69) is 144 Å². The number of nitrogens with one attached hydrogen (secondary N) is 2. The van der Waals surface area contributed by atoms with Crippen molar-refractivity contribution >= 4 is 11.4 Å². The van der Waals surface area contributed by atoms with Crippen LogP contribution in [-0.2, 0) is 0 Å². The smallest absolute Gasteiger partial charge is 0.0879 e. The lowest BCUT2D eigenvalue weighted by atomic mass is 9.51. The number of hydrogen-bond donors (Lipinski definition) is 2. The Morgan fingerprint density at radius 1 is 0.750 bits per heavy atom. The lowest BCUT2D eigenvalue weighted by Crippen LogP contribution is -2.53. The van der Waals surface area contributed by atoms with Gasteiger partial charge in [0, 0.05) is 53.0 Å². The van der Waals surface area contributed by atoms with E-state index in [-0.39, 0.29) is 11.6 Å². The molecule has 2 N–H and O–H groups in total.